The van der Waals surface area contributed by atoms with E-state index in [2.05, 4.69) is 90.2 Å². The van der Waals surface area contributed by atoms with Gasteiger partial charge in [0.15, 0.2) is 0 Å². The van der Waals surface area contributed by atoms with E-state index in [1.54, 1.807) is 28.7 Å². The maximum atomic E-state index is 6.40. The van der Waals surface area contributed by atoms with Crippen molar-refractivity contribution in [3.8, 4) is 22.5 Å². The molecule has 3 heterocycles. The summed E-state index contributed by atoms with van der Waals surface area (Å²) in [5.74, 6) is 0. The summed E-state index contributed by atoms with van der Waals surface area (Å²) in [7, 11) is 0. The molecule has 0 aliphatic heterocycles. The number of thiophene rings is 2. The van der Waals surface area contributed by atoms with E-state index in [9.17, 15) is 0 Å². The smallest absolute Gasteiger partial charge is 0.218 e. The van der Waals surface area contributed by atoms with Crippen molar-refractivity contribution in [2.24, 2.45) is 0 Å². The van der Waals surface area contributed by atoms with Crippen molar-refractivity contribution >= 4 is 70.6 Å². The Hall–Kier alpha value is -3.31. The van der Waals surface area contributed by atoms with Crippen molar-refractivity contribution in [2.75, 3.05) is 0 Å². The number of hydrogen-bond acceptors (Lipinski definition) is 4. The van der Waals surface area contributed by atoms with Crippen LogP contribution in [0.2, 0.25) is 5.28 Å². The van der Waals surface area contributed by atoms with Gasteiger partial charge in [-0.25, -0.2) is 9.97 Å². The Kier molecular flexibility index (Phi) is 5.30. The number of allylic oxidation sites excluding steroid dienone is 2. The number of hydrogen-bond donors (Lipinski definition) is 0. The minimum Gasteiger partial charge on any atom is -0.218 e. The lowest BCUT2D eigenvalue weighted by Gasteiger charge is -2.07. The fourth-order valence-corrected chi connectivity index (χ4v) is 6.81. The van der Waals surface area contributed by atoms with E-state index < -0.39 is 0 Å². The van der Waals surface area contributed by atoms with Gasteiger partial charge in [-0.15, -0.1) is 22.7 Å². The number of nitrogens with zero attached hydrogens (tertiary/aromatic N) is 2. The van der Waals surface area contributed by atoms with Crippen molar-refractivity contribution in [3.05, 3.63) is 101 Å². The summed E-state index contributed by atoms with van der Waals surface area (Å²) in [6, 6.07) is 23.5. The quantitative estimate of drug-likeness (QED) is 0.180. The maximum absolute atomic E-state index is 6.40. The van der Waals surface area contributed by atoms with E-state index in [0.29, 0.717) is 0 Å². The zero-order chi connectivity index (χ0) is 23.2. The number of aryl methyl sites for hydroxylation is 1. The van der Waals surface area contributed by atoms with Crippen LogP contribution in [0.15, 0.2) is 85.5 Å². The van der Waals surface area contributed by atoms with Crippen LogP contribution in [0.5, 0.6) is 0 Å². The van der Waals surface area contributed by atoms with Gasteiger partial charge in [-0.05, 0) is 59.8 Å². The third kappa shape index (κ3) is 3.64. The number of aromatic nitrogens is 2. The Morgan fingerprint density at radius 3 is 2.15 bits per heavy atom. The Labute approximate surface area is 210 Å². The van der Waals surface area contributed by atoms with E-state index in [4.69, 9.17) is 11.6 Å². The second kappa shape index (κ2) is 8.48. The van der Waals surface area contributed by atoms with Crippen LogP contribution in [0.25, 0.3) is 58.8 Å². The predicted molar refractivity (Wildman–Crippen MR) is 150 cm³/mol. The van der Waals surface area contributed by atoms with Gasteiger partial charge in [0.05, 0.1) is 11.4 Å². The van der Waals surface area contributed by atoms with Crippen molar-refractivity contribution in [3.63, 3.8) is 0 Å². The van der Waals surface area contributed by atoms with Crippen LogP contribution in [-0.2, 0) is 0 Å². The monoisotopic (exact) mass is 494 g/mol. The van der Waals surface area contributed by atoms with Gasteiger partial charge in [-0.1, -0.05) is 61.2 Å². The fourth-order valence-electron chi connectivity index (χ4n) is 4.32. The molecule has 0 radical (unpaired) electrons. The Balaban J connectivity index is 1.44. The maximum Gasteiger partial charge on any atom is 0.223 e. The summed E-state index contributed by atoms with van der Waals surface area (Å²) >= 11 is 9.97. The highest BCUT2D eigenvalue weighted by Gasteiger charge is 2.13. The van der Waals surface area contributed by atoms with Gasteiger partial charge in [-0.3, -0.25) is 0 Å². The normalized spacial score (nSPS) is 11.8. The molecule has 0 saturated carbocycles. The molecule has 0 amide bonds. The zero-order valence-electron chi connectivity index (χ0n) is 18.4. The molecule has 0 aliphatic rings. The lowest BCUT2D eigenvalue weighted by atomic mass is 10.0. The molecular weight excluding hydrogens is 476 g/mol. The van der Waals surface area contributed by atoms with Crippen LogP contribution < -0.4 is 0 Å². The van der Waals surface area contributed by atoms with E-state index in [-0.39, 0.29) is 5.28 Å². The molecule has 0 unspecified atom stereocenters. The molecule has 3 aromatic carbocycles. The molecule has 0 spiro atoms. The number of halogens is 1. The highest BCUT2D eigenvalue weighted by molar-refractivity contribution is 7.25. The summed E-state index contributed by atoms with van der Waals surface area (Å²) in [5.41, 5.74) is 4.99. The van der Waals surface area contributed by atoms with Crippen LogP contribution in [0.4, 0.5) is 0 Å². The summed E-state index contributed by atoms with van der Waals surface area (Å²) in [6.45, 7) is 5.93. The van der Waals surface area contributed by atoms with Gasteiger partial charge in [0, 0.05) is 40.9 Å². The second-order valence-corrected chi connectivity index (χ2v) is 10.6. The predicted octanol–water partition coefficient (Wildman–Crippen LogP) is 9.55. The minimum atomic E-state index is 0.251. The van der Waals surface area contributed by atoms with E-state index in [0.717, 1.165) is 22.5 Å². The van der Waals surface area contributed by atoms with Crippen LogP contribution in [-0.4, -0.2) is 9.97 Å². The first-order valence-corrected chi connectivity index (χ1v) is 12.9. The number of rotatable bonds is 4. The highest BCUT2D eigenvalue weighted by Crippen LogP contribution is 2.38. The average molecular weight is 495 g/mol. The molecule has 3 aromatic heterocycles. The molecule has 0 bridgehead atoms. The Morgan fingerprint density at radius 2 is 1.41 bits per heavy atom. The fraction of sp³-hybridized carbons (Fsp3) is 0.0345. The van der Waals surface area contributed by atoms with Crippen LogP contribution in [0.1, 0.15) is 10.4 Å². The third-order valence-electron chi connectivity index (χ3n) is 6.03. The van der Waals surface area contributed by atoms with Crippen molar-refractivity contribution < 1.29 is 0 Å². The van der Waals surface area contributed by atoms with E-state index >= 15 is 0 Å². The van der Waals surface area contributed by atoms with Gasteiger partial charge in [-0.2, -0.15) is 0 Å². The highest BCUT2D eigenvalue weighted by atomic mass is 35.5. The molecule has 5 heteroatoms. The summed E-state index contributed by atoms with van der Waals surface area (Å²) in [6.07, 6.45) is 5.88. The zero-order valence-corrected chi connectivity index (χ0v) is 20.8. The molecule has 6 aromatic rings. The molecule has 0 N–H and O–H groups in total. The summed E-state index contributed by atoms with van der Waals surface area (Å²) in [4.78, 5) is 10.3. The first kappa shape index (κ1) is 21.2. The molecule has 6 rings (SSSR count). The van der Waals surface area contributed by atoms with Gasteiger partial charge < -0.3 is 0 Å². The van der Waals surface area contributed by atoms with Gasteiger partial charge in [0.25, 0.3) is 0 Å². The van der Waals surface area contributed by atoms with Crippen molar-refractivity contribution in [2.45, 2.75) is 6.92 Å². The first-order chi connectivity index (χ1) is 16.6. The van der Waals surface area contributed by atoms with Crippen LogP contribution >= 0.6 is 34.3 Å². The molecule has 0 saturated heterocycles. The molecule has 0 atom stereocenters. The molecule has 164 valence electrons. The molecule has 0 aliphatic carbocycles. The van der Waals surface area contributed by atoms with Gasteiger partial charge >= 0.3 is 0 Å². The SMILES string of the molecule is C=C/C=C\c1sc2cc(-c3cc(-c4ccc5c(c4)sc4ccccc45)nc(Cl)n3)ccc2c1C. The molecular formula is C29H19ClN2S2. The topological polar surface area (TPSA) is 25.8 Å². The Bertz CT molecular complexity index is 1760. The van der Waals surface area contributed by atoms with Crippen LogP contribution in [0, 0.1) is 6.92 Å². The number of fused-ring (bicyclic) bond motifs is 4. The molecule has 34 heavy (non-hydrogen) atoms. The largest absolute Gasteiger partial charge is 0.223 e. The van der Waals surface area contributed by atoms with Gasteiger partial charge in [0.2, 0.25) is 5.28 Å². The first-order valence-electron chi connectivity index (χ1n) is 10.9. The minimum absolute atomic E-state index is 0.251. The van der Waals surface area contributed by atoms with E-state index in [1.807, 2.05) is 12.1 Å². The lowest BCUT2D eigenvalue weighted by Crippen LogP contribution is -1.92. The average Bonchev–Trinajstić information content (AvgIpc) is 3.38. The van der Waals surface area contributed by atoms with Crippen molar-refractivity contribution in [1.29, 1.82) is 0 Å². The second-order valence-electron chi connectivity index (χ2n) is 8.11. The third-order valence-corrected chi connectivity index (χ3v) is 8.55. The standard InChI is InChI=1S/C29H19ClN2S2/c1-3-4-8-25-17(2)20-12-10-18(14-27(20)33-25)23-16-24(32-29(30)31-23)19-11-13-22-21-7-5-6-9-26(21)34-28(22)15-19/h3-16H,1H2,2H3/b8-4-. The van der Waals surface area contributed by atoms with Crippen molar-refractivity contribution in [1.82, 2.24) is 9.97 Å². The molecule has 2 nitrogen and oxygen atoms in total. The lowest BCUT2D eigenvalue weighted by molar-refractivity contribution is 1.18. The Morgan fingerprint density at radius 1 is 0.765 bits per heavy atom. The summed E-state index contributed by atoms with van der Waals surface area (Å²) in [5, 5.41) is 4.07. The number of benzene rings is 3. The van der Waals surface area contributed by atoms with Crippen LogP contribution in [0.3, 0.4) is 0 Å². The summed E-state index contributed by atoms with van der Waals surface area (Å²) < 4.78 is 3.75. The van der Waals surface area contributed by atoms with E-state index in [1.165, 1.54) is 40.7 Å². The van der Waals surface area contributed by atoms with Gasteiger partial charge in [0.1, 0.15) is 0 Å². The molecule has 0 fully saturated rings.